The fraction of sp³-hybridized carbons (Fsp3) is 0.900. The van der Waals surface area contributed by atoms with Gasteiger partial charge in [0.15, 0.2) is 0 Å². The molecule has 84 valence electrons. The molecule has 4 heteroatoms. The fourth-order valence-electron chi connectivity index (χ4n) is 1.10. The van der Waals surface area contributed by atoms with Gasteiger partial charge in [0.05, 0.1) is 6.10 Å². The highest BCUT2D eigenvalue weighted by atomic mass is 16.3. The van der Waals surface area contributed by atoms with Crippen molar-refractivity contribution >= 4 is 5.91 Å². The highest BCUT2D eigenvalue weighted by molar-refractivity contribution is 5.75. The maximum Gasteiger partial charge on any atom is 0.219 e. The third-order valence-corrected chi connectivity index (χ3v) is 2.13. The molecule has 0 aliphatic heterocycles. The van der Waals surface area contributed by atoms with E-state index >= 15 is 0 Å². The first-order valence-corrected chi connectivity index (χ1v) is 5.35. The van der Waals surface area contributed by atoms with Crippen molar-refractivity contribution in [3.63, 3.8) is 0 Å². The molecule has 1 amide bonds. The van der Waals surface area contributed by atoms with Gasteiger partial charge in [0, 0.05) is 13.0 Å². The van der Waals surface area contributed by atoms with Gasteiger partial charge in [0.2, 0.25) is 5.91 Å². The summed E-state index contributed by atoms with van der Waals surface area (Å²) in [7, 11) is 0. The molecule has 0 fully saturated rings. The minimum atomic E-state index is -0.292. The molecule has 0 saturated heterocycles. The molecule has 0 aromatic rings. The number of carbonyl (C=O) groups excluding carboxylic acids is 1. The largest absolute Gasteiger partial charge is 0.393 e. The van der Waals surface area contributed by atoms with E-state index in [0.29, 0.717) is 25.9 Å². The highest BCUT2D eigenvalue weighted by Gasteiger charge is 2.02. The number of hydrogen-bond donors (Lipinski definition) is 3. The summed E-state index contributed by atoms with van der Waals surface area (Å²) in [5.41, 5.74) is 5.31. The topological polar surface area (TPSA) is 75.3 Å². The summed E-state index contributed by atoms with van der Waals surface area (Å²) in [5, 5.41) is 12.0. The number of carbonyl (C=O) groups is 1. The molecule has 0 aromatic heterocycles. The molecule has 0 bridgehead atoms. The van der Waals surface area contributed by atoms with E-state index in [4.69, 9.17) is 5.73 Å². The van der Waals surface area contributed by atoms with E-state index in [1.54, 1.807) is 0 Å². The molecule has 4 nitrogen and oxygen atoms in total. The van der Waals surface area contributed by atoms with Crippen molar-refractivity contribution in [2.24, 2.45) is 5.73 Å². The Labute approximate surface area is 85.9 Å². The highest BCUT2D eigenvalue weighted by Crippen LogP contribution is 1.96. The Morgan fingerprint density at radius 2 is 2.21 bits per heavy atom. The van der Waals surface area contributed by atoms with E-state index in [1.165, 1.54) is 0 Å². The van der Waals surface area contributed by atoms with E-state index < -0.39 is 0 Å². The summed E-state index contributed by atoms with van der Waals surface area (Å²) in [6.45, 7) is 3.13. The number of hydrogen-bond acceptors (Lipinski definition) is 3. The van der Waals surface area contributed by atoms with Crippen molar-refractivity contribution in [2.45, 2.75) is 45.1 Å². The summed E-state index contributed by atoms with van der Waals surface area (Å²) in [4.78, 5) is 11.2. The number of aliphatic hydroxyl groups excluding tert-OH is 1. The molecule has 0 rings (SSSR count). The van der Waals surface area contributed by atoms with Gasteiger partial charge in [-0.15, -0.1) is 0 Å². The SMILES string of the molecule is CCC(O)CCNC(=O)CCCCN. The maximum absolute atomic E-state index is 11.2. The van der Waals surface area contributed by atoms with Gasteiger partial charge in [-0.05, 0) is 32.2 Å². The summed E-state index contributed by atoms with van der Waals surface area (Å²) in [6, 6.07) is 0. The van der Waals surface area contributed by atoms with Gasteiger partial charge >= 0.3 is 0 Å². The van der Waals surface area contributed by atoms with Crippen LogP contribution in [0.3, 0.4) is 0 Å². The molecule has 0 radical (unpaired) electrons. The molecular formula is C10H22N2O2. The predicted molar refractivity (Wildman–Crippen MR) is 56.8 cm³/mol. The first kappa shape index (κ1) is 13.4. The number of aliphatic hydroxyl groups is 1. The lowest BCUT2D eigenvalue weighted by molar-refractivity contribution is -0.121. The molecule has 0 aliphatic rings. The van der Waals surface area contributed by atoms with Crippen LogP contribution >= 0.6 is 0 Å². The lowest BCUT2D eigenvalue weighted by Crippen LogP contribution is -2.26. The van der Waals surface area contributed by atoms with E-state index in [1.807, 2.05) is 6.92 Å². The Morgan fingerprint density at radius 3 is 2.79 bits per heavy atom. The molecule has 0 saturated carbocycles. The Hall–Kier alpha value is -0.610. The standard InChI is InChI=1S/C10H22N2O2/c1-2-9(13)6-8-12-10(14)5-3-4-7-11/h9,13H,2-8,11H2,1H3,(H,12,14). The van der Waals surface area contributed by atoms with Gasteiger partial charge in [-0.1, -0.05) is 6.92 Å². The van der Waals surface area contributed by atoms with Crippen molar-refractivity contribution < 1.29 is 9.90 Å². The smallest absolute Gasteiger partial charge is 0.219 e. The van der Waals surface area contributed by atoms with Crippen molar-refractivity contribution in [2.75, 3.05) is 13.1 Å². The number of rotatable bonds is 8. The zero-order valence-electron chi connectivity index (χ0n) is 8.96. The van der Waals surface area contributed by atoms with Crippen molar-refractivity contribution in [3.8, 4) is 0 Å². The summed E-state index contributed by atoms with van der Waals surface area (Å²) in [6.07, 6.45) is 3.37. The summed E-state index contributed by atoms with van der Waals surface area (Å²) < 4.78 is 0. The monoisotopic (exact) mass is 202 g/mol. The zero-order valence-corrected chi connectivity index (χ0v) is 8.96. The quantitative estimate of drug-likeness (QED) is 0.498. The average molecular weight is 202 g/mol. The van der Waals surface area contributed by atoms with Crippen LogP contribution in [-0.2, 0) is 4.79 Å². The van der Waals surface area contributed by atoms with Crippen LogP contribution in [0.25, 0.3) is 0 Å². The van der Waals surface area contributed by atoms with E-state index in [9.17, 15) is 9.90 Å². The van der Waals surface area contributed by atoms with Crippen molar-refractivity contribution in [1.29, 1.82) is 0 Å². The average Bonchev–Trinajstić information content (AvgIpc) is 2.18. The molecule has 1 unspecified atom stereocenters. The molecule has 4 N–H and O–H groups in total. The molecule has 1 atom stereocenters. The zero-order chi connectivity index (χ0) is 10.8. The lowest BCUT2D eigenvalue weighted by Gasteiger charge is -2.08. The molecular weight excluding hydrogens is 180 g/mol. The van der Waals surface area contributed by atoms with Crippen LogP contribution < -0.4 is 11.1 Å². The summed E-state index contributed by atoms with van der Waals surface area (Å²) >= 11 is 0. The lowest BCUT2D eigenvalue weighted by atomic mass is 10.2. The first-order valence-electron chi connectivity index (χ1n) is 5.35. The third-order valence-electron chi connectivity index (χ3n) is 2.13. The van der Waals surface area contributed by atoms with Crippen LogP contribution in [0.15, 0.2) is 0 Å². The molecule has 14 heavy (non-hydrogen) atoms. The van der Waals surface area contributed by atoms with Gasteiger partial charge in [0.25, 0.3) is 0 Å². The van der Waals surface area contributed by atoms with Gasteiger partial charge in [-0.25, -0.2) is 0 Å². The molecule has 0 aromatic carbocycles. The van der Waals surface area contributed by atoms with Crippen LogP contribution in [0.4, 0.5) is 0 Å². The Kier molecular flexibility index (Phi) is 8.57. The number of nitrogens with two attached hydrogens (primary N) is 1. The van der Waals surface area contributed by atoms with E-state index in [-0.39, 0.29) is 12.0 Å². The second kappa shape index (κ2) is 8.97. The molecule has 0 spiro atoms. The third kappa shape index (κ3) is 8.01. The predicted octanol–water partition coefficient (Wildman–Crippen LogP) is 0.393. The van der Waals surface area contributed by atoms with Crippen molar-refractivity contribution in [1.82, 2.24) is 5.32 Å². The molecule has 0 aliphatic carbocycles. The number of unbranched alkanes of at least 4 members (excludes halogenated alkanes) is 1. The Morgan fingerprint density at radius 1 is 1.50 bits per heavy atom. The Bertz CT molecular complexity index is 151. The van der Waals surface area contributed by atoms with Crippen molar-refractivity contribution in [3.05, 3.63) is 0 Å². The van der Waals surface area contributed by atoms with Gasteiger partial charge in [-0.2, -0.15) is 0 Å². The van der Waals surface area contributed by atoms with Crippen LogP contribution in [0.5, 0.6) is 0 Å². The maximum atomic E-state index is 11.2. The van der Waals surface area contributed by atoms with E-state index in [0.717, 1.165) is 19.3 Å². The molecule has 0 heterocycles. The van der Waals surface area contributed by atoms with Gasteiger partial charge in [0.1, 0.15) is 0 Å². The number of amides is 1. The normalized spacial score (nSPS) is 12.5. The minimum Gasteiger partial charge on any atom is -0.393 e. The number of nitrogens with one attached hydrogen (secondary N) is 1. The van der Waals surface area contributed by atoms with Crippen LogP contribution in [0, 0.1) is 0 Å². The first-order chi connectivity index (χ1) is 6.70. The minimum absolute atomic E-state index is 0.0572. The van der Waals surface area contributed by atoms with Crippen LogP contribution in [0.1, 0.15) is 39.0 Å². The van der Waals surface area contributed by atoms with Gasteiger partial charge in [-0.3, -0.25) is 4.79 Å². The fourth-order valence-corrected chi connectivity index (χ4v) is 1.10. The second-order valence-corrected chi connectivity index (χ2v) is 3.45. The van der Waals surface area contributed by atoms with E-state index in [2.05, 4.69) is 5.32 Å². The summed E-state index contributed by atoms with van der Waals surface area (Å²) in [5.74, 6) is 0.0572. The second-order valence-electron chi connectivity index (χ2n) is 3.45. The Balaban J connectivity index is 3.26. The van der Waals surface area contributed by atoms with Gasteiger partial charge < -0.3 is 16.2 Å². The van der Waals surface area contributed by atoms with Crippen LogP contribution in [0.2, 0.25) is 0 Å². The van der Waals surface area contributed by atoms with Crippen LogP contribution in [-0.4, -0.2) is 30.2 Å².